The molecule has 0 aliphatic rings. The summed E-state index contributed by atoms with van der Waals surface area (Å²) in [5.41, 5.74) is 1.72. The maximum absolute atomic E-state index is 12.3. The SMILES string of the molecule is Cc1ccc(-c2nc3cc(C(=O)O)ccc3c(=O)n2N)cc1. The van der Waals surface area contributed by atoms with Crippen LogP contribution in [0.4, 0.5) is 0 Å². The molecule has 0 aliphatic carbocycles. The number of benzene rings is 2. The topological polar surface area (TPSA) is 98.2 Å². The Morgan fingerprint density at radius 2 is 1.86 bits per heavy atom. The van der Waals surface area contributed by atoms with Gasteiger partial charge in [0.1, 0.15) is 0 Å². The van der Waals surface area contributed by atoms with Gasteiger partial charge in [0.15, 0.2) is 5.82 Å². The van der Waals surface area contributed by atoms with Gasteiger partial charge in [-0.1, -0.05) is 29.8 Å². The number of fused-ring (bicyclic) bond motifs is 1. The fourth-order valence-corrected chi connectivity index (χ4v) is 2.24. The summed E-state index contributed by atoms with van der Waals surface area (Å²) in [4.78, 5) is 27.7. The first-order valence-corrected chi connectivity index (χ1v) is 6.59. The van der Waals surface area contributed by atoms with Crippen molar-refractivity contribution in [2.24, 2.45) is 0 Å². The zero-order valence-corrected chi connectivity index (χ0v) is 11.8. The second-order valence-corrected chi connectivity index (χ2v) is 5.01. The van der Waals surface area contributed by atoms with Crippen molar-refractivity contribution in [1.29, 1.82) is 0 Å². The summed E-state index contributed by atoms with van der Waals surface area (Å²) in [6.45, 7) is 1.95. The molecule has 0 fully saturated rings. The van der Waals surface area contributed by atoms with Crippen molar-refractivity contribution in [2.75, 3.05) is 5.84 Å². The van der Waals surface area contributed by atoms with Crippen LogP contribution < -0.4 is 11.4 Å². The number of nitrogens with zero attached hydrogens (tertiary/aromatic N) is 2. The minimum Gasteiger partial charge on any atom is -0.478 e. The summed E-state index contributed by atoms with van der Waals surface area (Å²) >= 11 is 0. The van der Waals surface area contributed by atoms with Crippen molar-refractivity contribution in [3.05, 3.63) is 63.9 Å². The third-order valence-corrected chi connectivity index (χ3v) is 3.46. The number of carbonyl (C=O) groups is 1. The first-order chi connectivity index (χ1) is 10.5. The molecule has 0 bridgehead atoms. The standard InChI is InChI=1S/C16H13N3O3/c1-9-2-4-10(5-3-9)14-18-13-8-11(16(21)22)6-7-12(13)15(20)19(14)17/h2-8H,17H2,1H3,(H,21,22). The average Bonchev–Trinajstić information content (AvgIpc) is 2.51. The molecule has 0 spiro atoms. The molecule has 3 N–H and O–H groups in total. The second kappa shape index (κ2) is 5.00. The number of hydrogen-bond acceptors (Lipinski definition) is 4. The quantitative estimate of drug-likeness (QED) is 0.702. The molecule has 0 aliphatic heterocycles. The summed E-state index contributed by atoms with van der Waals surface area (Å²) < 4.78 is 0.980. The number of aryl methyl sites for hydroxylation is 1. The van der Waals surface area contributed by atoms with Gasteiger partial charge in [-0.15, -0.1) is 0 Å². The molecule has 3 rings (SSSR count). The molecule has 6 nitrogen and oxygen atoms in total. The number of hydrogen-bond donors (Lipinski definition) is 2. The Balaban J connectivity index is 2.31. The maximum atomic E-state index is 12.3. The van der Waals surface area contributed by atoms with Crippen LogP contribution in [0, 0.1) is 6.92 Å². The summed E-state index contributed by atoms with van der Waals surface area (Å²) in [6, 6.07) is 11.6. The highest BCUT2D eigenvalue weighted by molar-refractivity contribution is 5.93. The van der Waals surface area contributed by atoms with E-state index in [0.717, 1.165) is 10.2 Å². The lowest BCUT2D eigenvalue weighted by molar-refractivity contribution is 0.0697. The van der Waals surface area contributed by atoms with Crippen molar-refractivity contribution in [1.82, 2.24) is 9.66 Å². The van der Waals surface area contributed by atoms with Crippen LogP contribution in [0.2, 0.25) is 0 Å². The summed E-state index contributed by atoms with van der Waals surface area (Å²) in [5.74, 6) is 5.06. The Labute approximate surface area is 125 Å². The van der Waals surface area contributed by atoms with Crippen LogP contribution in [0.15, 0.2) is 47.3 Å². The van der Waals surface area contributed by atoms with Gasteiger partial charge in [-0.2, -0.15) is 0 Å². The third kappa shape index (κ3) is 2.20. The molecule has 0 unspecified atom stereocenters. The van der Waals surface area contributed by atoms with Crippen molar-refractivity contribution in [3.8, 4) is 11.4 Å². The van der Waals surface area contributed by atoms with E-state index >= 15 is 0 Å². The molecule has 3 aromatic rings. The van der Waals surface area contributed by atoms with E-state index in [-0.39, 0.29) is 10.9 Å². The number of nitrogens with two attached hydrogens (primary N) is 1. The average molecular weight is 295 g/mol. The van der Waals surface area contributed by atoms with E-state index in [9.17, 15) is 9.59 Å². The smallest absolute Gasteiger partial charge is 0.335 e. The first kappa shape index (κ1) is 13.8. The van der Waals surface area contributed by atoms with Crippen molar-refractivity contribution in [2.45, 2.75) is 6.92 Å². The van der Waals surface area contributed by atoms with E-state index in [0.29, 0.717) is 16.9 Å². The highest BCUT2D eigenvalue weighted by atomic mass is 16.4. The lowest BCUT2D eigenvalue weighted by Crippen LogP contribution is -2.30. The van der Waals surface area contributed by atoms with E-state index in [4.69, 9.17) is 10.9 Å². The minimum atomic E-state index is -1.07. The number of aromatic nitrogens is 2. The molecule has 0 saturated heterocycles. The molecule has 1 heterocycles. The molecule has 22 heavy (non-hydrogen) atoms. The van der Waals surface area contributed by atoms with Gasteiger partial charge in [-0.3, -0.25) is 4.79 Å². The Hall–Kier alpha value is -3.15. The molecule has 110 valence electrons. The van der Waals surface area contributed by atoms with Crippen LogP contribution in [0.25, 0.3) is 22.3 Å². The summed E-state index contributed by atoms with van der Waals surface area (Å²) in [6.07, 6.45) is 0. The van der Waals surface area contributed by atoms with Crippen LogP contribution in [0.3, 0.4) is 0 Å². The van der Waals surface area contributed by atoms with E-state index in [1.54, 1.807) is 0 Å². The Bertz CT molecular complexity index is 943. The number of aromatic carboxylic acids is 1. The normalized spacial score (nSPS) is 10.8. The van der Waals surface area contributed by atoms with E-state index < -0.39 is 11.5 Å². The van der Waals surface area contributed by atoms with Gasteiger partial charge in [0.2, 0.25) is 0 Å². The van der Waals surface area contributed by atoms with Crippen molar-refractivity contribution < 1.29 is 9.90 Å². The zero-order chi connectivity index (χ0) is 15.9. The lowest BCUT2D eigenvalue weighted by atomic mass is 10.1. The predicted octanol–water partition coefficient (Wildman–Crippen LogP) is 1.78. The molecule has 0 saturated carbocycles. The van der Waals surface area contributed by atoms with Crippen molar-refractivity contribution >= 4 is 16.9 Å². The van der Waals surface area contributed by atoms with Crippen LogP contribution in [0.5, 0.6) is 0 Å². The molecule has 0 radical (unpaired) electrons. The fraction of sp³-hybridized carbons (Fsp3) is 0.0625. The van der Waals surface area contributed by atoms with Crippen LogP contribution in [-0.2, 0) is 0 Å². The molecule has 0 amide bonds. The lowest BCUT2D eigenvalue weighted by Gasteiger charge is -2.09. The molecule has 6 heteroatoms. The molecule has 2 aromatic carbocycles. The highest BCUT2D eigenvalue weighted by Gasteiger charge is 2.13. The predicted molar refractivity (Wildman–Crippen MR) is 83.3 cm³/mol. The molecule has 0 atom stereocenters. The van der Waals surface area contributed by atoms with Gasteiger partial charge in [-0.05, 0) is 25.1 Å². The number of carboxylic acid groups (broad SMARTS) is 1. The molecule has 1 aromatic heterocycles. The van der Waals surface area contributed by atoms with Gasteiger partial charge in [-0.25, -0.2) is 14.5 Å². The van der Waals surface area contributed by atoms with E-state index in [1.165, 1.54) is 18.2 Å². The number of rotatable bonds is 2. The van der Waals surface area contributed by atoms with Gasteiger partial charge in [0.25, 0.3) is 5.56 Å². The third-order valence-electron chi connectivity index (χ3n) is 3.46. The molecular formula is C16H13N3O3. The van der Waals surface area contributed by atoms with Crippen molar-refractivity contribution in [3.63, 3.8) is 0 Å². The highest BCUT2D eigenvalue weighted by Crippen LogP contribution is 2.19. The first-order valence-electron chi connectivity index (χ1n) is 6.59. The Kier molecular flexibility index (Phi) is 3.14. The van der Waals surface area contributed by atoms with Gasteiger partial charge >= 0.3 is 5.97 Å². The van der Waals surface area contributed by atoms with Gasteiger partial charge < -0.3 is 10.9 Å². The Morgan fingerprint density at radius 1 is 1.18 bits per heavy atom. The fourth-order valence-electron chi connectivity index (χ4n) is 2.24. The second-order valence-electron chi connectivity index (χ2n) is 5.01. The van der Waals surface area contributed by atoms with Crippen LogP contribution in [-0.4, -0.2) is 20.7 Å². The van der Waals surface area contributed by atoms with E-state index in [2.05, 4.69) is 4.98 Å². The number of carboxylic acids is 1. The minimum absolute atomic E-state index is 0.0732. The maximum Gasteiger partial charge on any atom is 0.335 e. The van der Waals surface area contributed by atoms with Crippen LogP contribution in [0.1, 0.15) is 15.9 Å². The zero-order valence-electron chi connectivity index (χ0n) is 11.8. The number of nitrogen functional groups attached to an aromatic ring is 1. The van der Waals surface area contributed by atoms with Gasteiger partial charge in [0, 0.05) is 5.56 Å². The Morgan fingerprint density at radius 3 is 2.50 bits per heavy atom. The van der Waals surface area contributed by atoms with E-state index in [1.807, 2.05) is 31.2 Å². The molecular weight excluding hydrogens is 282 g/mol. The van der Waals surface area contributed by atoms with Gasteiger partial charge in [0.05, 0.1) is 16.5 Å². The summed E-state index contributed by atoms with van der Waals surface area (Å²) in [5, 5.41) is 9.33. The monoisotopic (exact) mass is 295 g/mol. The largest absolute Gasteiger partial charge is 0.478 e. The summed E-state index contributed by atoms with van der Waals surface area (Å²) in [7, 11) is 0. The van der Waals surface area contributed by atoms with Crippen LogP contribution >= 0.6 is 0 Å².